The Bertz CT molecular complexity index is 442. The second kappa shape index (κ2) is 6.20. The zero-order valence-corrected chi connectivity index (χ0v) is 11.9. The molecule has 1 aliphatic heterocycles. The topological polar surface area (TPSA) is 46.3 Å². The Balaban J connectivity index is 2.07. The van der Waals surface area contributed by atoms with Crippen molar-refractivity contribution in [1.82, 2.24) is 4.90 Å². The highest BCUT2D eigenvalue weighted by Crippen LogP contribution is 2.19. The normalized spacial score (nSPS) is 16.9. The van der Waals surface area contributed by atoms with Crippen molar-refractivity contribution >= 4 is 5.91 Å². The number of amides is 1. The minimum Gasteiger partial charge on any atom is -0.337 e. The number of benzene rings is 1. The first-order valence-corrected chi connectivity index (χ1v) is 7.19. The van der Waals surface area contributed by atoms with E-state index >= 15 is 0 Å². The molecule has 0 radical (unpaired) electrons. The standard InChI is InChI=1S/C16H24N2O/c1-12(2)10-15(17)16(19)18-9-5-8-13-6-3-4-7-14(13)11-18/h3-4,6-7,12,15H,5,8-11,17H2,1-2H3/t15-/m0/s1. The van der Waals surface area contributed by atoms with Crippen molar-refractivity contribution in [2.75, 3.05) is 6.54 Å². The number of rotatable bonds is 3. The van der Waals surface area contributed by atoms with Gasteiger partial charge in [0.25, 0.3) is 0 Å². The van der Waals surface area contributed by atoms with Crippen LogP contribution in [0.2, 0.25) is 0 Å². The average Bonchev–Trinajstić information content (AvgIpc) is 2.58. The quantitative estimate of drug-likeness (QED) is 0.906. The van der Waals surface area contributed by atoms with Gasteiger partial charge >= 0.3 is 0 Å². The van der Waals surface area contributed by atoms with E-state index in [-0.39, 0.29) is 11.9 Å². The third-order valence-corrected chi connectivity index (χ3v) is 3.71. The van der Waals surface area contributed by atoms with Crippen molar-refractivity contribution in [3.63, 3.8) is 0 Å². The molecule has 104 valence electrons. The number of aryl methyl sites for hydroxylation is 1. The third kappa shape index (κ3) is 3.57. The molecule has 1 heterocycles. The maximum Gasteiger partial charge on any atom is 0.239 e. The number of hydrogen-bond donors (Lipinski definition) is 1. The van der Waals surface area contributed by atoms with E-state index in [1.54, 1.807) is 0 Å². The van der Waals surface area contributed by atoms with Gasteiger partial charge in [-0.1, -0.05) is 38.1 Å². The molecule has 0 spiro atoms. The number of nitrogens with zero attached hydrogens (tertiary/aromatic N) is 1. The van der Waals surface area contributed by atoms with E-state index in [9.17, 15) is 4.79 Å². The highest BCUT2D eigenvalue weighted by molar-refractivity contribution is 5.81. The van der Waals surface area contributed by atoms with Gasteiger partial charge in [-0.3, -0.25) is 4.79 Å². The fourth-order valence-corrected chi connectivity index (χ4v) is 2.73. The number of carbonyl (C=O) groups excluding carboxylic acids is 1. The molecule has 1 atom stereocenters. The van der Waals surface area contributed by atoms with E-state index in [4.69, 9.17) is 5.73 Å². The number of hydrogen-bond acceptors (Lipinski definition) is 2. The molecule has 0 saturated carbocycles. The maximum absolute atomic E-state index is 12.4. The van der Waals surface area contributed by atoms with Crippen LogP contribution in [-0.2, 0) is 17.8 Å². The highest BCUT2D eigenvalue weighted by Gasteiger charge is 2.24. The summed E-state index contributed by atoms with van der Waals surface area (Å²) in [6, 6.07) is 8.04. The molecule has 1 amide bonds. The predicted molar refractivity (Wildman–Crippen MR) is 77.6 cm³/mol. The molecule has 0 aromatic heterocycles. The molecule has 1 aliphatic rings. The SMILES string of the molecule is CC(C)C[C@H](N)C(=O)N1CCCc2ccccc2C1. The van der Waals surface area contributed by atoms with Crippen molar-refractivity contribution in [3.8, 4) is 0 Å². The van der Waals surface area contributed by atoms with Gasteiger partial charge in [-0.25, -0.2) is 0 Å². The van der Waals surface area contributed by atoms with Gasteiger partial charge in [-0.05, 0) is 36.3 Å². The van der Waals surface area contributed by atoms with E-state index in [2.05, 4.69) is 32.0 Å². The minimum atomic E-state index is -0.356. The lowest BCUT2D eigenvalue weighted by atomic mass is 10.0. The van der Waals surface area contributed by atoms with E-state index < -0.39 is 0 Å². The monoisotopic (exact) mass is 260 g/mol. The first-order valence-electron chi connectivity index (χ1n) is 7.19. The second-order valence-corrected chi connectivity index (χ2v) is 5.87. The molecule has 0 fully saturated rings. The molecule has 1 aromatic carbocycles. The van der Waals surface area contributed by atoms with Crippen LogP contribution in [0.4, 0.5) is 0 Å². The van der Waals surface area contributed by atoms with Gasteiger partial charge < -0.3 is 10.6 Å². The van der Waals surface area contributed by atoms with Crippen LogP contribution in [0, 0.1) is 5.92 Å². The van der Waals surface area contributed by atoms with Crippen molar-refractivity contribution in [2.24, 2.45) is 11.7 Å². The van der Waals surface area contributed by atoms with Crippen LogP contribution in [0.1, 0.15) is 37.8 Å². The van der Waals surface area contributed by atoms with Crippen LogP contribution in [0.3, 0.4) is 0 Å². The number of carbonyl (C=O) groups is 1. The first-order chi connectivity index (χ1) is 9.08. The number of fused-ring (bicyclic) bond motifs is 1. The van der Waals surface area contributed by atoms with Crippen molar-refractivity contribution in [3.05, 3.63) is 35.4 Å². The van der Waals surface area contributed by atoms with Gasteiger partial charge in [0.15, 0.2) is 0 Å². The summed E-state index contributed by atoms with van der Waals surface area (Å²) in [6.45, 7) is 5.73. The van der Waals surface area contributed by atoms with Gasteiger partial charge in [0.1, 0.15) is 0 Å². The van der Waals surface area contributed by atoms with Gasteiger partial charge in [0.05, 0.1) is 6.04 Å². The van der Waals surface area contributed by atoms with Gasteiger partial charge in [-0.2, -0.15) is 0 Å². The zero-order chi connectivity index (χ0) is 13.8. The van der Waals surface area contributed by atoms with Crippen molar-refractivity contribution in [2.45, 2.75) is 45.7 Å². The van der Waals surface area contributed by atoms with E-state index in [1.165, 1.54) is 11.1 Å². The molecule has 0 unspecified atom stereocenters. The van der Waals surface area contributed by atoms with E-state index in [0.29, 0.717) is 12.5 Å². The van der Waals surface area contributed by atoms with E-state index in [0.717, 1.165) is 25.8 Å². The molecule has 3 heteroatoms. The molecule has 2 N–H and O–H groups in total. The fourth-order valence-electron chi connectivity index (χ4n) is 2.73. The first kappa shape index (κ1) is 14.1. The molecular formula is C16H24N2O. The fraction of sp³-hybridized carbons (Fsp3) is 0.562. The number of nitrogens with two attached hydrogens (primary N) is 1. The Morgan fingerprint density at radius 2 is 2.00 bits per heavy atom. The Morgan fingerprint density at radius 1 is 1.32 bits per heavy atom. The largest absolute Gasteiger partial charge is 0.337 e. The molecule has 2 rings (SSSR count). The molecule has 0 bridgehead atoms. The average molecular weight is 260 g/mol. The summed E-state index contributed by atoms with van der Waals surface area (Å²) in [5, 5.41) is 0. The Morgan fingerprint density at radius 3 is 2.68 bits per heavy atom. The summed E-state index contributed by atoms with van der Waals surface area (Å²) < 4.78 is 0. The minimum absolute atomic E-state index is 0.102. The molecule has 3 nitrogen and oxygen atoms in total. The molecule has 0 aliphatic carbocycles. The Labute approximate surface area is 115 Å². The van der Waals surface area contributed by atoms with E-state index in [1.807, 2.05) is 11.0 Å². The molecule has 1 aromatic rings. The van der Waals surface area contributed by atoms with Crippen LogP contribution in [0.25, 0.3) is 0 Å². The third-order valence-electron chi connectivity index (χ3n) is 3.71. The zero-order valence-electron chi connectivity index (χ0n) is 11.9. The van der Waals surface area contributed by atoms with Crippen LogP contribution < -0.4 is 5.73 Å². The Hall–Kier alpha value is -1.35. The molecular weight excluding hydrogens is 236 g/mol. The summed E-state index contributed by atoms with van der Waals surface area (Å²) >= 11 is 0. The lowest BCUT2D eigenvalue weighted by Gasteiger charge is -2.25. The molecule has 19 heavy (non-hydrogen) atoms. The van der Waals surface area contributed by atoms with Gasteiger partial charge in [0.2, 0.25) is 5.91 Å². The maximum atomic E-state index is 12.4. The Kier molecular flexibility index (Phi) is 4.59. The van der Waals surface area contributed by atoms with Crippen LogP contribution in [-0.4, -0.2) is 23.4 Å². The summed E-state index contributed by atoms with van der Waals surface area (Å²) in [5.41, 5.74) is 8.67. The van der Waals surface area contributed by atoms with Gasteiger partial charge in [0, 0.05) is 13.1 Å². The second-order valence-electron chi connectivity index (χ2n) is 5.87. The summed E-state index contributed by atoms with van der Waals surface area (Å²) in [4.78, 5) is 14.3. The molecule has 0 saturated heterocycles. The van der Waals surface area contributed by atoms with Crippen LogP contribution in [0.5, 0.6) is 0 Å². The lowest BCUT2D eigenvalue weighted by molar-refractivity contribution is -0.133. The smallest absolute Gasteiger partial charge is 0.239 e. The van der Waals surface area contributed by atoms with Crippen LogP contribution >= 0.6 is 0 Å². The van der Waals surface area contributed by atoms with Gasteiger partial charge in [-0.15, -0.1) is 0 Å². The lowest BCUT2D eigenvalue weighted by Crippen LogP contribution is -2.44. The van der Waals surface area contributed by atoms with Crippen molar-refractivity contribution in [1.29, 1.82) is 0 Å². The van der Waals surface area contributed by atoms with Crippen LogP contribution in [0.15, 0.2) is 24.3 Å². The highest BCUT2D eigenvalue weighted by atomic mass is 16.2. The predicted octanol–water partition coefficient (Wildman–Crippen LogP) is 2.33. The summed E-state index contributed by atoms with van der Waals surface area (Å²) in [6.07, 6.45) is 2.84. The summed E-state index contributed by atoms with van der Waals surface area (Å²) in [7, 11) is 0. The van der Waals surface area contributed by atoms with Crippen molar-refractivity contribution < 1.29 is 4.79 Å². The summed E-state index contributed by atoms with van der Waals surface area (Å²) in [5.74, 6) is 0.559.